The fraction of sp³-hybridized carbons (Fsp3) is 0.143. The minimum Gasteiger partial charge on any atom is -0.369 e. The van der Waals surface area contributed by atoms with Crippen LogP contribution in [-0.4, -0.2) is 32.4 Å². The van der Waals surface area contributed by atoms with E-state index in [4.69, 9.17) is 0 Å². The number of carbonyl (C=O) groups is 1. The van der Waals surface area contributed by atoms with Crippen molar-refractivity contribution in [3.8, 4) is 0 Å². The number of carbonyl (C=O) groups excluding carboxylic acids is 1. The molecule has 0 unspecified atom stereocenters. The van der Waals surface area contributed by atoms with E-state index >= 15 is 0 Å². The molecule has 0 aliphatic heterocycles. The third-order valence-electron chi connectivity index (χ3n) is 2.85. The molecule has 2 heterocycles. The van der Waals surface area contributed by atoms with E-state index in [0.29, 0.717) is 18.3 Å². The van der Waals surface area contributed by atoms with Gasteiger partial charge in [0, 0.05) is 6.54 Å². The van der Waals surface area contributed by atoms with Gasteiger partial charge in [-0.25, -0.2) is 9.97 Å². The van der Waals surface area contributed by atoms with Crippen LogP contribution >= 0.6 is 0 Å². The van der Waals surface area contributed by atoms with Gasteiger partial charge in [0.1, 0.15) is 11.5 Å². The topological polar surface area (TPSA) is 95.6 Å². The van der Waals surface area contributed by atoms with Crippen LogP contribution in [0, 0.1) is 0 Å². The molecular formula is C14H14N6O. The smallest absolute Gasteiger partial charge is 0.278 e. The number of aromatic nitrogens is 4. The number of hydrogen-bond donors (Lipinski definition) is 3. The number of fused-ring (bicyclic) bond motifs is 1. The third-order valence-corrected chi connectivity index (χ3v) is 2.85. The number of anilines is 2. The van der Waals surface area contributed by atoms with E-state index in [-0.39, 0.29) is 11.6 Å². The summed E-state index contributed by atoms with van der Waals surface area (Å²) in [6, 6.07) is 7.55. The lowest BCUT2D eigenvalue weighted by Crippen LogP contribution is -2.16. The van der Waals surface area contributed by atoms with Gasteiger partial charge in [0.25, 0.3) is 5.91 Å². The van der Waals surface area contributed by atoms with Gasteiger partial charge in [-0.05, 0) is 19.1 Å². The van der Waals surface area contributed by atoms with E-state index in [9.17, 15) is 4.79 Å². The molecule has 3 aromatic rings. The first-order valence-electron chi connectivity index (χ1n) is 6.58. The van der Waals surface area contributed by atoms with E-state index in [1.165, 1.54) is 6.20 Å². The molecule has 0 saturated carbocycles. The number of rotatable bonds is 4. The van der Waals surface area contributed by atoms with E-state index in [0.717, 1.165) is 11.0 Å². The zero-order chi connectivity index (χ0) is 14.7. The summed E-state index contributed by atoms with van der Waals surface area (Å²) in [5.41, 5.74) is 1.88. The highest BCUT2D eigenvalue weighted by Gasteiger charge is 2.11. The van der Waals surface area contributed by atoms with Gasteiger partial charge in [-0.2, -0.15) is 0 Å². The van der Waals surface area contributed by atoms with Gasteiger partial charge in [0.05, 0.1) is 23.4 Å². The van der Waals surface area contributed by atoms with Crippen molar-refractivity contribution in [3.05, 3.63) is 42.4 Å². The van der Waals surface area contributed by atoms with Crippen molar-refractivity contribution in [3.63, 3.8) is 0 Å². The number of hydrogen-bond acceptors (Lipinski definition) is 5. The molecule has 3 rings (SSSR count). The number of nitrogens with one attached hydrogen (secondary N) is 3. The summed E-state index contributed by atoms with van der Waals surface area (Å²) < 4.78 is 0. The maximum absolute atomic E-state index is 12.1. The molecule has 2 aromatic heterocycles. The van der Waals surface area contributed by atoms with E-state index < -0.39 is 0 Å². The van der Waals surface area contributed by atoms with Gasteiger partial charge in [-0.15, -0.1) is 0 Å². The molecule has 7 heteroatoms. The number of imidazole rings is 1. The van der Waals surface area contributed by atoms with Gasteiger partial charge >= 0.3 is 0 Å². The zero-order valence-corrected chi connectivity index (χ0v) is 11.4. The van der Waals surface area contributed by atoms with Crippen molar-refractivity contribution < 1.29 is 4.79 Å². The van der Waals surface area contributed by atoms with Crippen LogP contribution in [0.4, 0.5) is 11.8 Å². The summed E-state index contributed by atoms with van der Waals surface area (Å²) in [4.78, 5) is 27.6. The van der Waals surface area contributed by atoms with Crippen molar-refractivity contribution in [1.82, 2.24) is 19.9 Å². The summed E-state index contributed by atoms with van der Waals surface area (Å²) in [6.45, 7) is 2.66. The fourth-order valence-electron chi connectivity index (χ4n) is 1.93. The zero-order valence-electron chi connectivity index (χ0n) is 11.4. The SMILES string of the molecule is CCNc1cncc(C(=O)Nc2nc3ccccc3[nH]2)n1. The Morgan fingerprint density at radius 3 is 2.90 bits per heavy atom. The number of H-pyrrole nitrogens is 1. The Kier molecular flexibility index (Phi) is 3.46. The van der Waals surface area contributed by atoms with Gasteiger partial charge in [0.15, 0.2) is 0 Å². The number of para-hydroxylation sites is 2. The minimum atomic E-state index is -0.360. The molecule has 0 bridgehead atoms. The molecule has 0 atom stereocenters. The Bertz CT molecular complexity index is 749. The molecule has 0 spiro atoms. The first-order valence-corrected chi connectivity index (χ1v) is 6.58. The molecule has 1 aromatic carbocycles. The number of benzene rings is 1. The summed E-state index contributed by atoms with van der Waals surface area (Å²) in [7, 11) is 0. The van der Waals surface area contributed by atoms with Crippen LogP contribution in [-0.2, 0) is 0 Å². The van der Waals surface area contributed by atoms with Crippen molar-refractivity contribution in [2.45, 2.75) is 6.92 Å². The van der Waals surface area contributed by atoms with Crippen LogP contribution in [0.3, 0.4) is 0 Å². The summed E-state index contributed by atoms with van der Waals surface area (Å²) in [5, 5.41) is 5.69. The molecule has 0 saturated heterocycles. The molecule has 0 aliphatic rings. The fourth-order valence-corrected chi connectivity index (χ4v) is 1.93. The molecule has 21 heavy (non-hydrogen) atoms. The summed E-state index contributed by atoms with van der Waals surface area (Å²) >= 11 is 0. The van der Waals surface area contributed by atoms with Crippen LogP contribution in [0.2, 0.25) is 0 Å². The Morgan fingerprint density at radius 1 is 1.24 bits per heavy atom. The lowest BCUT2D eigenvalue weighted by molar-refractivity contribution is 0.102. The Morgan fingerprint density at radius 2 is 2.10 bits per heavy atom. The Balaban J connectivity index is 1.80. The number of nitrogens with zero attached hydrogens (tertiary/aromatic N) is 3. The lowest BCUT2D eigenvalue weighted by atomic mass is 10.3. The van der Waals surface area contributed by atoms with Gasteiger partial charge < -0.3 is 10.3 Å². The highest BCUT2D eigenvalue weighted by molar-refractivity contribution is 6.02. The number of aromatic amines is 1. The number of amides is 1. The molecule has 0 radical (unpaired) electrons. The maximum atomic E-state index is 12.1. The molecule has 106 valence electrons. The molecular weight excluding hydrogens is 268 g/mol. The second-order valence-electron chi connectivity index (χ2n) is 4.38. The molecule has 3 N–H and O–H groups in total. The molecule has 0 fully saturated rings. The normalized spacial score (nSPS) is 10.5. The highest BCUT2D eigenvalue weighted by Crippen LogP contribution is 2.14. The van der Waals surface area contributed by atoms with Gasteiger partial charge in [-0.3, -0.25) is 15.1 Å². The van der Waals surface area contributed by atoms with Crippen molar-refractivity contribution in [1.29, 1.82) is 0 Å². The highest BCUT2D eigenvalue weighted by atomic mass is 16.2. The van der Waals surface area contributed by atoms with E-state index in [2.05, 4.69) is 30.6 Å². The second kappa shape index (κ2) is 5.58. The first-order chi connectivity index (χ1) is 10.3. The summed E-state index contributed by atoms with van der Waals surface area (Å²) in [5.74, 6) is 0.591. The van der Waals surface area contributed by atoms with Crippen LogP contribution in [0.15, 0.2) is 36.7 Å². The van der Waals surface area contributed by atoms with E-state index in [1.807, 2.05) is 31.2 Å². The minimum absolute atomic E-state index is 0.230. The predicted molar refractivity (Wildman–Crippen MR) is 80.2 cm³/mol. The molecule has 0 aliphatic carbocycles. The quantitative estimate of drug-likeness (QED) is 0.680. The van der Waals surface area contributed by atoms with Crippen molar-refractivity contribution >= 4 is 28.7 Å². The predicted octanol–water partition coefficient (Wildman–Crippen LogP) is 2.04. The van der Waals surface area contributed by atoms with Crippen LogP contribution in [0.1, 0.15) is 17.4 Å². The van der Waals surface area contributed by atoms with Gasteiger partial charge in [-0.1, -0.05) is 12.1 Å². The maximum Gasteiger partial charge on any atom is 0.278 e. The van der Waals surface area contributed by atoms with Crippen LogP contribution in [0.5, 0.6) is 0 Å². The molecule has 7 nitrogen and oxygen atoms in total. The largest absolute Gasteiger partial charge is 0.369 e. The van der Waals surface area contributed by atoms with Crippen molar-refractivity contribution in [2.75, 3.05) is 17.2 Å². The third kappa shape index (κ3) is 2.81. The van der Waals surface area contributed by atoms with Crippen molar-refractivity contribution in [2.24, 2.45) is 0 Å². The van der Waals surface area contributed by atoms with Crippen LogP contribution in [0.25, 0.3) is 11.0 Å². The summed E-state index contributed by atoms with van der Waals surface area (Å²) in [6.07, 6.45) is 2.99. The monoisotopic (exact) mass is 282 g/mol. The van der Waals surface area contributed by atoms with E-state index in [1.54, 1.807) is 6.20 Å². The Hall–Kier alpha value is -2.96. The molecule has 1 amide bonds. The average molecular weight is 282 g/mol. The average Bonchev–Trinajstić information content (AvgIpc) is 2.90. The Labute approximate surface area is 120 Å². The van der Waals surface area contributed by atoms with Crippen LogP contribution < -0.4 is 10.6 Å². The first kappa shape index (κ1) is 13.0. The standard InChI is InChI=1S/C14H14N6O/c1-2-16-12-8-15-7-11(17-12)13(21)20-14-18-9-5-3-4-6-10(9)19-14/h3-8H,2H2,1H3,(H,16,17)(H2,18,19,20,21). The lowest BCUT2D eigenvalue weighted by Gasteiger charge is -2.04. The van der Waals surface area contributed by atoms with Gasteiger partial charge in [0.2, 0.25) is 5.95 Å². The second-order valence-corrected chi connectivity index (χ2v) is 4.38.